The van der Waals surface area contributed by atoms with Crippen molar-refractivity contribution < 1.29 is 8.42 Å². The lowest BCUT2D eigenvalue weighted by molar-refractivity contribution is 0.227. The SMILES string of the molecule is C[C@H](N)[C@@H]1CCCCN1S(=O)(=O)c1cnn(C)c1. The van der Waals surface area contributed by atoms with Crippen LogP contribution >= 0.6 is 0 Å². The van der Waals surface area contributed by atoms with Crippen LogP contribution in [0.5, 0.6) is 0 Å². The molecule has 6 nitrogen and oxygen atoms in total. The number of hydrogen-bond acceptors (Lipinski definition) is 4. The number of sulfonamides is 1. The Morgan fingerprint density at radius 1 is 1.50 bits per heavy atom. The Kier molecular flexibility index (Phi) is 3.74. The highest BCUT2D eigenvalue weighted by atomic mass is 32.2. The Balaban J connectivity index is 2.33. The monoisotopic (exact) mass is 272 g/mol. The summed E-state index contributed by atoms with van der Waals surface area (Å²) in [6, 6.07) is -0.263. The van der Waals surface area contributed by atoms with Gasteiger partial charge in [0.15, 0.2) is 0 Å². The van der Waals surface area contributed by atoms with E-state index in [1.54, 1.807) is 7.05 Å². The van der Waals surface area contributed by atoms with Crippen molar-refractivity contribution >= 4 is 10.0 Å². The lowest BCUT2D eigenvalue weighted by atomic mass is 10.00. The van der Waals surface area contributed by atoms with Gasteiger partial charge in [0.1, 0.15) is 4.90 Å². The molecule has 2 atom stereocenters. The van der Waals surface area contributed by atoms with Gasteiger partial charge in [0.05, 0.1) is 6.20 Å². The molecule has 0 saturated carbocycles. The summed E-state index contributed by atoms with van der Waals surface area (Å²) in [5.74, 6) is 0. The van der Waals surface area contributed by atoms with Gasteiger partial charge in [-0.05, 0) is 19.8 Å². The summed E-state index contributed by atoms with van der Waals surface area (Å²) in [5.41, 5.74) is 5.91. The van der Waals surface area contributed by atoms with Crippen molar-refractivity contribution in [2.45, 2.75) is 43.2 Å². The van der Waals surface area contributed by atoms with Crippen molar-refractivity contribution in [1.82, 2.24) is 14.1 Å². The number of hydrogen-bond donors (Lipinski definition) is 1. The van der Waals surface area contributed by atoms with Crippen molar-refractivity contribution in [3.8, 4) is 0 Å². The lowest BCUT2D eigenvalue weighted by Crippen LogP contribution is -2.51. The predicted molar refractivity (Wildman–Crippen MR) is 68.4 cm³/mol. The predicted octanol–water partition coefficient (Wildman–Crippen LogP) is 0.311. The summed E-state index contributed by atoms with van der Waals surface area (Å²) in [4.78, 5) is 0.248. The fourth-order valence-electron chi connectivity index (χ4n) is 2.42. The fourth-order valence-corrected chi connectivity index (χ4v) is 4.18. The maximum absolute atomic E-state index is 12.5. The Morgan fingerprint density at radius 3 is 2.78 bits per heavy atom. The smallest absolute Gasteiger partial charge is 0.246 e. The minimum absolute atomic E-state index is 0.107. The number of piperidine rings is 1. The van der Waals surface area contributed by atoms with Gasteiger partial charge < -0.3 is 5.73 Å². The van der Waals surface area contributed by atoms with Crippen LogP contribution in [0.4, 0.5) is 0 Å². The highest BCUT2D eigenvalue weighted by Gasteiger charge is 2.35. The van der Waals surface area contributed by atoms with Gasteiger partial charge in [-0.1, -0.05) is 6.42 Å². The summed E-state index contributed by atoms with van der Waals surface area (Å²) in [6.07, 6.45) is 5.68. The third-order valence-corrected chi connectivity index (χ3v) is 5.27. The number of aromatic nitrogens is 2. The summed E-state index contributed by atoms with van der Waals surface area (Å²) >= 11 is 0. The van der Waals surface area contributed by atoms with E-state index in [9.17, 15) is 8.42 Å². The van der Waals surface area contributed by atoms with E-state index in [4.69, 9.17) is 5.73 Å². The molecule has 0 bridgehead atoms. The largest absolute Gasteiger partial charge is 0.326 e. The van der Waals surface area contributed by atoms with E-state index in [1.807, 2.05) is 6.92 Å². The molecule has 0 unspecified atom stereocenters. The number of aryl methyl sites for hydroxylation is 1. The quantitative estimate of drug-likeness (QED) is 0.858. The molecule has 0 spiro atoms. The van der Waals surface area contributed by atoms with Crippen LogP contribution in [0.3, 0.4) is 0 Å². The second kappa shape index (κ2) is 4.99. The van der Waals surface area contributed by atoms with Crippen LogP contribution in [0.1, 0.15) is 26.2 Å². The molecular formula is C11H20N4O2S. The molecule has 1 aliphatic rings. The molecule has 1 aliphatic heterocycles. The second-order valence-electron chi connectivity index (χ2n) is 4.89. The van der Waals surface area contributed by atoms with Gasteiger partial charge in [-0.3, -0.25) is 4.68 Å². The molecule has 102 valence electrons. The van der Waals surface area contributed by atoms with Crippen LogP contribution in [-0.4, -0.2) is 41.1 Å². The van der Waals surface area contributed by atoms with Crippen molar-refractivity contribution in [2.24, 2.45) is 12.8 Å². The van der Waals surface area contributed by atoms with E-state index in [0.717, 1.165) is 19.3 Å². The van der Waals surface area contributed by atoms with Crippen LogP contribution in [0.15, 0.2) is 17.3 Å². The molecule has 0 radical (unpaired) electrons. The molecule has 7 heteroatoms. The minimum Gasteiger partial charge on any atom is -0.326 e. The molecule has 1 aromatic heterocycles. The molecule has 1 fully saturated rings. The van der Waals surface area contributed by atoms with Gasteiger partial charge in [-0.2, -0.15) is 9.40 Å². The van der Waals surface area contributed by atoms with E-state index in [2.05, 4.69) is 5.10 Å². The first-order valence-corrected chi connectivity index (χ1v) is 7.63. The first-order chi connectivity index (χ1) is 8.43. The molecule has 18 heavy (non-hydrogen) atoms. The number of nitrogens with two attached hydrogens (primary N) is 1. The van der Waals surface area contributed by atoms with Crippen LogP contribution in [-0.2, 0) is 17.1 Å². The van der Waals surface area contributed by atoms with E-state index in [-0.39, 0.29) is 17.0 Å². The van der Waals surface area contributed by atoms with Crippen molar-refractivity contribution in [1.29, 1.82) is 0 Å². The van der Waals surface area contributed by atoms with E-state index in [0.29, 0.717) is 6.54 Å². The topological polar surface area (TPSA) is 81.2 Å². The van der Waals surface area contributed by atoms with E-state index >= 15 is 0 Å². The van der Waals surface area contributed by atoms with E-state index < -0.39 is 10.0 Å². The molecular weight excluding hydrogens is 252 g/mol. The number of nitrogens with zero attached hydrogens (tertiary/aromatic N) is 3. The zero-order valence-corrected chi connectivity index (χ0v) is 11.6. The van der Waals surface area contributed by atoms with E-state index in [1.165, 1.54) is 21.4 Å². The molecule has 1 aromatic rings. The molecule has 0 amide bonds. The van der Waals surface area contributed by atoms with Gasteiger partial charge in [-0.15, -0.1) is 0 Å². The minimum atomic E-state index is -3.47. The Bertz CT molecular complexity index is 509. The Hall–Kier alpha value is -0.920. The lowest BCUT2D eigenvalue weighted by Gasteiger charge is -2.36. The molecule has 0 aromatic carbocycles. The first-order valence-electron chi connectivity index (χ1n) is 6.19. The summed E-state index contributed by atoms with van der Waals surface area (Å²) in [5, 5.41) is 3.93. The van der Waals surface area contributed by atoms with Gasteiger partial charge in [-0.25, -0.2) is 8.42 Å². The van der Waals surface area contributed by atoms with Gasteiger partial charge >= 0.3 is 0 Å². The fraction of sp³-hybridized carbons (Fsp3) is 0.727. The van der Waals surface area contributed by atoms with Crippen LogP contribution in [0, 0.1) is 0 Å². The molecule has 2 N–H and O–H groups in total. The number of rotatable bonds is 3. The Morgan fingerprint density at radius 2 is 2.22 bits per heavy atom. The molecule has 1 saturated heterocycles. The average molecular weight is 272 g/mol. The third kappa shape index (κ3) is 2.43. The van der Waals surface area contributed by atoms with Gasteiger partial charge in [0, 0.05) is 31.9 Å². The average Bonchev–Trinajstić information content (AvgIpc) is 2.76. The zero-order chi connectivity index (χ0) is 13.3. The molecule has 2 rings (SSSR count). The van der Waals surface area contributed by atoms with Crippen molar-refractivity contribution in [2.75, 3.05) is 6.54 Å². The second-order valence-corrected chi connectivity index (χ2v) is 6.78. The zero-order valence-electron chi connectivity index (χ0n) is 10.8. The van der Waals surface area contributed by atoms with Gasteiger partial charge in [0.25, 0.3) is 0 Å². The normalized spacial score (nSPS) is 24.1. The highest BCUT2D eigenvalue weighted by molar-refractivity contribution is 7.89. The van der Waals surface area contributed by atoms with Crippen LogP contribution in [0.25, 0.3) is 0 Å². The van der Waals surface area contributed by atoms with Crippen LogP contribution < -0.4 is 5.73 Å². The summed E-state index contributed by atoms with van der Waals surface area (Å²) < 4.78 is 28.1. The molecule has 2 heterocycles. The maximum Gasteiger partial charge on any atom is 0.246 e. The van der Waals surface area contributed by atoms with Crippen molar-refractivity contribution in [3.05, 3.63) is 12.4 Å². The summed E-state index contributed by atoms with van der Waals surface area (Å²) in [6.45, 7) is 2.41. The highest BCUT2D eigenvalue weighted by Crippen LogP contribution is 2.26. The third-order valence-electron chi connectivity index (χ3n) is 3.39. The maximum atomic E-state index is 12.5. The molecule has 0 aliphatic carbocycles. The first kappa shape index (κ1) is 13.5. The summed E-state index contributed by atoms with van der Waals surface area (Å²) in [7, 11) is -1.76. The van der Waals surface area contributed by atoms with Crippen LogP contribution in [0.2, 0.25) is 0 Å². The Labute approximate surface area is 108 Å². The van der Waals surface area contributed by atoms with Gasteiger partial charge in [0.2, 0.25) is 10.0 Å². The van der Waals surface area contributed by atoms with Crippen molar-refractivity contribution in [3.63, 3.8) is 0 Å². The standard InChI is InChI=1S/C11H20N4O2S/c1-9(12)11-5-3-4-6-15(11)18(16,17)10-7-13-14(2)8-10/h7-9,11H,3-6,12H2,1-2H3/t9-,11-/m0/s1.